The maximum absolute atomic E-state index is 14.0. The van der Waals surface area contributed by atoms with Crippen LogP contribution in [0.5, 0.6) is 0 Å². The van der Waals surface area contributed by atoms with Crippen LogP contribution in [0.1, 0.15) is 49.4 Å². The molecule has 1 aromatic carbocycles. The Morgan fingerprint density at radius 3 is 2.76 bits per heavy atom. The number of nitrogens with zero attached hydrogens (tertiary/aromatic N) is 1. The largest absolute Gasteiger partial charge is 0.334 e. The number of hydrogen-bond acceptors (Lipinski definition) is 2. The molecular weight excluding hydrogens is 335 g/mol. The van der Waals surface area contributed by atoms with E-state index in [0.717, 1.165) is 19.3 Å². The van der Waals surface area contributed by atoms with Gasteiger partial charge in [-0.2, -0.15) is 5.26 Å². The molecule has 1 saturated carbocycles. The minimum atomic E-state index is -0.864. The third-order valence-electron chi connectivity index (χ3n) is 4.30. The Morgan fingerprint density at radius 1 is 1.52 bits per heavy atom. The van der Waals surface area contributed by atoms with E-state index in [1.807, 2.05) is 0 Å². The smallest absolute Gasteiger partial charge is 0.255 e. The maximum Gasteiger partial charge on any atom is 0.255 e. The quantitative estimate of drug-likeness (QED) is 0.886. The first kappa shape index (κ1) is 16.0. The normalized spacial score (nSPS) is 25.1. The molecule has 21 heavy (non-hydrogen) atoms. The van der Waals surface area contributed by atoms with Crippen molar-refractivity contribution in [2.45, 2.75) is 44.6 Å². The highest BCUT2D eigenvalue weighted by molar-refractivity contribution is 9.10. The predicted octanol–water partition coefficient (Wildman–Crippen LogP) is 4.18. The average molecular weight is 353 g/mol. The summed E-state index contributed by atoms with van der Waals surface area (Å²) in [5.74, 6) is -0.499. The molecule has 1 fully saturated rings. The summed E-state index contributed by atoms with van der Waals surface area (Å²) in [4.78, 5) is 12.3. The fraction of sp³-hybridized carbons (Fsp3) is 0.500. The Kier molecular flexibility index (Phi) is 5.00. The van der Waals surface area contributed by atoms with E-state index in [1.54, 1.807) is 12.1 Å². The molecule has 1 N–H and O–H groups in total. The van der Waals surface area contributed by atoms with Gasteiger partial charge in [0.2, 0.25) is 0 Å². The number of amides is 1. The van der Waals surface area contributed by atoms with Crippen molar-refractivity contribution in [3.8, 4) is 6.07 Å². The van der Waals surface area contributed by atoms with Crippen molar-refractivity contribution in [1.29, 1.82) is 5.26 Å². The standard InChI is InChI=1S/C16H18BrFN2O/c1-2-11-6-8-16(10-19,9-7-11)20-15(21)12-4-3-5-13(17)14(12)18/h3-5,11H,2,6-9H2,1H3,(H,20,21). The van der Waals surface area contributed by atoms with Gasteiger partial charge in [-0.3, -0.25) is 4.79 Å². The summed E-state index contributed by atoms with van der Waals surface area (Å²) in [6.45, 7) is 2.14. The predicted molar refractivity (Wildman–Crippen MR) is 82.2 cm³/mol. The summed E-state index contributed by atoms with van der Waals surface area (Å²) in [5.41, 5.74) is -0.894. The average Bonchev–Trinajstić information content (AvgIpc) is 2.50. The van der Waals surface area contributed by atoms with Crippen LogP contribution in [0.3, 0.4) is 0 Å². The molecule has 1 aliphatic carbocycles. The fourth-order valence-electron chi connectivity index (χ4n) is 2.81. The first-order chi connectivity index (χ1) is 10.0. The second-order valence-corrected chi connectivity index (χ2v) is 6.46. The zero-order chi connectivity index (χ0) is 15.5. The molecule has 0 atom stereocenters. The molecule has 0 radical (unpaired) electrons. The molecule has 0 spiro atoms. The van der Waals surface area contributed by atoms with Gasteiger partial charge in [-0.15, -0.1) is 0 Å². The van der Waals surface area contributed by atoms with Crippen molar-refractivity contribution in [3.63, 3.8) is 0 Å². The molecule has 0 unspecified atom stereocenters. The second kappa shape index (κ2) is 6.57. The summed E-state index contributed by atoms with van der Waals surface area (Å²) in [6.07, 6.45) is 4.19. The highest BCUT2D eigenvalue weighted by atomic mass is 79.9. The number of carbonyl (C=O) groups excluding carboxylic acids is 1. The molecule has 3 nitrogen and oxygen atoms in total. The Balaban J connectivity index is 2.14. The SMILES string of the molecule is CCC1CCC(C#N)(NC(=O)c2cccc(Br)c2F)CC1. The van der Waals surface area contributed by atoms with Gasteiger partial charge >= 0.3 is 0 Å². The van der Waals surface area contributed by atoms with E-state index >= 15 is 0 Å². The molecule has 0 aliphatic heterocycles. The van der Waals surface area contributed by atoms with E-state index in [1.165, 1.54) is 6.07 Å². The number of carbonyl (C=O) groups is 1. The molecule has 0 bridgehead atoms. The molecule has 0 heterocycles. The van der Waals surface area contributed by atoms with Crippen molar-refractivity contribution in [1.82, 2.24) is 5.32 Å². The van der Waals surface area contributed by atoms with E-state index < -0.39 is 17.3 Å². The lowest BCUT2D eigenvalue weighted by molar-refractivity contribution is 0.0887. The minimum Gasteiger partial charge on any atom is -0.334 e. The number of benzene rings is 1. The second-order valence-electron chi connectivity index (χ2n) is 5.60. The molecule has 2 rings (SSSR count). The lowest BCUT2D eigenvalue weighted by Crippen LogP contribution is -2.49. The van der Waals surface area contributed by atoms with Crippen molar-refractivity contribution in [2.75, 3.05) is 0 Å². The van der Waals surface area contributed by atoms with E-state index in [9.17, 15) is 14.4 Å². The van der Waals surface area contributed by atoms with Gasteiger partial charge in [-0.25, -0.2) is 4.39 Å². The van der Waals surface area contributed by atoms with Crippen LogP contribution in [0.15, 0.2) is 22.7 Å². The molecule has 0 saturated heterocycles. The van der Waals surface area contributed by atoms with Crippen molar-refractivity contribution in [3.05, 3.63) is 34.1 Å². The van der Waals surface area contributed by atoms with Crippen LogP contribution in [-0.4, -0.2) is 11.4 Å². The first-order valence-corrected chi connectivity index (χ1v) is 7.98. The Hall–Kier alpha value is -1.41. The van der Waals surface area contributed by atoms with Gasteiger partial charge in [-0.05, 0) is 59.7 Å². The van der Waals surface area contributed by atoms with Crippen LogP contribution in [0.2, 0.25) is 0 Å². The lowest BCUT2D eigenvalue weighted by Gasteiger charge is -2.35. The van der Waals surface area contributed by atoms with Crippen LogP contribution in [0.4, 0.5) is 4.39 Å². The number of nitrogens with one attached hydrogen (secondary N) is 1. The van der Waals surface area contributed by atoms with Gasteiger partial charge in [0, 0.05) is 0 Å². The third-order valence-corrected chi connectivity index (χ3v) is 4.91. The Morgan fingerprint density at radius 2 is 2.19 bits per heavy atom. The van der Waals surface area contributed by atoms with Gasteiger partial charge in [0.15, 0.2) is 0 Å². The highest BCUT2D eigenvalue weighted by Gasteiger charge is 2.37. The number of nitriles is 1. The molecule has 1 aromatic rings. The van der Waals surface area contributed by atoms with E-state index in [2.05, 4.69) is 34.2 Å². The Bertz CT molecular complexity index is 574. The van der Waals surface area contributed by atoms with Crippen molar-refractivity contribution in [2.24, 2.45) is 5.92 Å². The molecular formula is C16H18BrFN2O. The summed E-state index contributed by atoms with van der Waals surface area (Å²) in [5, 5.41) is 12.2. The van der Waals surface area contributed by atoms with E-state index in [0.29, 0.717) is 18.8 Å². The summed E-state index contributed by atoms with van der Waals surface area (Å²) in [6, 6.07) is 6.81. The maximum atomic E-state index is 14.0. The van der Waals surface area contributed by atoms with E-state index in [4.69, 9.17) is 0 Å². The van der Waals surface area contributed by atoms with Gasteiger partial charge < -0.3 is 5.32 Å². The van der Waals surface area contributed by atoms with Crippen LogP contribution < -0.4 is 5.32 Å². The number of halogens is 2. The molecule has 1 amide bonds. The topological polar surface area (TPSA) is 52.9 Å². The zero-order valence-electron chi connectivity index (χ0n) is 12.0. The van der Waals surface area contributed by atoms with Gasteiger partial charge in [0.25, 0.3) is 5.91 Å². The first-order valence-electron chi connectivity index (χ1n) is 7.19. The van der Waals surface area contributed by atoms with Crippen molar-refractivity contribution < 1.29 is 9.18 Å². The van der Waals surface area contributed by atoms with Gasteiger partial charge in [0.1, 0.15) is 11.4 Å². The molecule has 0 aromatic heterocycles. The summed E-state index contributed by atoms with van der Waals surface area (Å²) >= 11 is 3.07. The van der Waals surface area contributed by atoms with Crippen molar-refractivity contribution >= 4 is 21.8 Å². The van der Waals surface area contributed by atoms with E-state index in [-0.39, 0.29) is 10.0 Å². The van der Waals surface area contributed by atoms with Crippen LogP contribution in [0, 0.1) is 23.1 Å². The molecule has 5 heteroatoms. The van der Waals surface area contributed by atoms with Gasteiger partial charge in [-0.1, -0.05) is 19.4 Å². The highest BCUT2D eigenvalue weighted by Crippen LogP contribution is 2.33. The van der Waals surface area contributed by atoms with Gasteiger partial charge in [0.05, 0.1) is 16.1 Å². The number of hydrogen-bond donors (Lipinski definition) is 1. The third kappa shape index (κ3) is 3.44. The minimum absolute atomic E-state index is 0.0309. The summed E-state index contributed by atoms with van der Waals surface area (Å²) < 4.78 is 14.2. The lowest BCUT2D eigenvalue weighted by atomic mass is 9.76. The molecule has 1 aliphatic rings. The number of rotatable bonds is 3. The monoisotopic (exact) mass is 352 g/mol. The van der Waals surface area contributed by atoms with Crippen LogP contribution in [-0.2, 0) is 0 Å². The summed E-state index contributed by atoms with van der Waals surface area (Å²) in [7, 11) is 0. The van der Waals surface area contributed by atoms with Crippen LogP contribution >= 0.6 is 15.9 Å². The molecule has 112 valence electrons. The van der Waals surface area contributed by atoms with Crippen LogP contribution in [0.25, 0.3) is 0 Å². The fourth-order valence-corrected chi connectivity index (χ4v) is 3.17. The zero-order valence-corrected chi connectivity index (χ0v) is 13.5. The Labute approximate surface area is 132 Å².